The average Bonchev–Trinajstić information content (AvgIpc) is 3.04. The van der Waals surface area contributed by atoms with Crippen LogP contribution >= 0.6 is 0 Å². The molecule has 0 saturated carbocycles. The van der Waals surface area contributed by atoms with Crippen LogP contribution in [0, 0.1) is 22.2 Å². The van der Waals surface area contributed by atoms with Crippen molar-refractivity contribution in [1.82, 2.24) is 0 Å². The first-order valence-corrected chi connectivity index (χ1v) is 20.4. The van der Waals surface area contributed by atoms with E-state index in [9.17, 15) is 14.7 Å². The molecule has 0 aliphatic heterocycles. The summed E-state index contributed by atoms with van der Waals surface area (Å²) in [5, 5.41) is 19.1. The number of carbonyl (C=O) groups excluding carboxylic acids is 1. The van der Waals surface area contributed by atoms with Gasteiger partial charge in [0.1, 0.15) is 0 Å². The predicted molar refractivity (Wildman–Crippen MR) is 231 cm³/mol. The van der Waals surface area contributed by atoms with E-state index < -0.39 is 17.9 Å². The number of carboxylic acids is 2. The maximum atomic E-state index is 10.6. The molecule has 0 radical (unpaired) electrons. The van der Waals surface area contributed by atoms with Crippen LogP contribution in [0.4, 0.5) is 0 Å². The lowest BCUT2D eigenvalue weighted by molar-refractivity contribution is -0.312. The van der Waals surface area contributed by atoms with Gasteiger partial charge in [0.05, 0.1) is 17.3 Å². The number of benzene rings is 4. The SMILES string of the molecule is CC(C)(C)C.CC(C)(C)C.CC(C)(C)CCCC(CC(=O)O)C(=O)[O-].CC(C)(C)c1ccccc1.c1ccc([S+](c2ccccc2)c2ccccc2)cc1. The smallest absolute Gasteiger partial charge is 0.304 e. The number of hydrogen-bond donors (Lipinski definition) is 1. The van der Waals surface area contributed by atoms with Crippen LogP contribution in [0.1, 0.15) is 128 Å². The van der Waals surface area contributed by atoms with Crippen molar-refractivity contribution in [2.75, 3.05) is 0 Å². The summed E-state index contributed by atoms with van der Waals surface area (Å²) < 4.78 is 0. The first-order valence-electron chi connectivity index (χ1n) is 19.2. The van der Waals surface area contributed by atoms with Gasteiger partial charge in [-0.05, 0) is 76.5 Å². The van der Waals surface area contributed by atoms with Gasteiger partial charge in [0.25, 0.3) is 0 Å². The van der Waals surface area contributed by atoms with Gasteiger partial charge < -0.3 is 15.0 Å². The van der Waals surface area contributed by atoms with Crippen LogP contribution in [-0.2, 0) is 25.9 Å². The Morgan fingerprint density at radius 3 is 1.07 bits per heavy atom. The van der Waals surface area contributed by atoms with Gasteiger partial charge in [-0.3, -0.25) is 4.79 Å². The van der Waals surface area contributed by atoms with E-state index in [1.807, 2.05) is 0 Å². The topological polar surface area (TPSA) is 77.4 Å². The van der Waals surface area contributed by atoms with Crippen molar-refractivity contribution in [3.05, 3.63) is 127 Å². The largest absolute Gasteiger partial charge is 0.550 e. The minimum atomic E-state index is -1.26. The molecule has 4 nitrogen and oxygen atoms in total. The fourth-order valence-corrected chi connectivity index (χ4v) is 6.51. The van der Waals surface area contributed by atoms with Crippen LogP contribution in [0.3, 0.4) is 0 Å². The lowest BCUT2D eigenvalue weighted by Crippen LogP contribution is -2.32. The molecule has 0 heterocycles. The van der Waals surface area contributed by atoms with Crippen LogP contribution in [0.2, 0.25) is 0 Å². The number of aliphatic carboxylic acids is 2. The lowest BCUT2D eigenvalue weighted by atomic mass is 9.87. The van der Waals surface area contributed by atoms with Gasteiger partial charge in [0.15, 0.2) is 14.7 Å². The van der Waals surface area contributed by atoms with E-state index in [1.165, 1.54) is 20.2 Å². The second-order valence-corrected chi connectivity index (χ2v) is 21.0. The van der Waals surface area contributed by atoms with Crippen LogP contribution in [0.15, 0.2) is 136 Å². The van der Waals surface area contributed by atoms with Gasteiger partial charge in [-0.1, -0.05) is 188 Å². The third-order valence-electron chi connectivity index (χ3n) is 6.81. The Hall–Kier alpha value is -3.83. The Morgan fingerprint density at radius 1 is 0.556 bits per heavy atom. The highest BCUT2D eigenvalue weighted by molar-refractivity contribution is 7.97. The van der Waals surface area contributed by atoms with Gasteiger partial charge in [0.2, 0.25) is 0 Å². The molecule has 0 spiro atoms. The molecule has 5 heteroatoms. The lowest BCUT2D eigenvalue weighted by Gasteiger charge is -2.20. The van der Waals surface area contributed by atoms with Crippen molar-refractivity contribution in [3.8, 4) is 0 Å². The normalized spacial score (nSPS) is 11.8. The van der Waals surface area contributed by atoms with E-state index in [0.29, 0.717) is 22.7 Å². The van der Waals surface area contributed by atoms with Gasteiger partial charge in [-0.25, -0.2) is 0 Å². The average molecular weight is 757 g/mol. The van der Waals surface area contributed by atoms with Crippen molar-refractivity contribution in [3.63, 3.8) is 0 Å². The number of rotatable bonds is 9. The van der Waals surface area contributed by atoms with E-state index in [-0.39, 0.29) is 22.7 Å². The van der Waals surface area contributed by atoms with Crippen molar-refractivity contribution in [2.45, 2.75) is 143 Å². The molecule has 4 aromatic rings. The third-order valence-corrected chi connectivity index (χ3v) is 9.04. The molecule has 298 valence electrons. The van der Waals surface area contributed by atoms with Crippen molar-refractivity contribution in [1.29, 1.82) is 0 Å². The molecule has 54 heavy (non-hydrogen) atoms. The first-order chi connectivity index (χ1) is 24.8. The van der Waals surface area contributed by atoms with Gasteiger partial charge in [-0.2, -0.15) is 0 Å². The molecule has 0 aromatic heterocycles. The zero-order valence-electron chi connectivity index (χ0n) is 36.0. The zero-order chi connectivity index (χ0) is 41.6. The Labute approximate surface area is 333 Å². The molecular formula is C49H72O4S. The van der Waals surface area contributed by atoms with Gasteiger partial charge in [0, 0.05) is 11.9 Å². The van der Waals surface area contributed by atoms with E-state index in [1.54, 1.807) is 0 Å². The van der Waals surface area contributed by atoms with Crippen LogP contribution in [-0.4, -0.2) is 17.0 Å². The fourth-order valence-electron chi connectivity index (χ4n) is 4.41. The Kier molecular flexibility index (Phi) is 22.8. The fraction of sp³-hybridized carbons (Fsp3) is 0.469. The molecule has 1 N–H and O–H groups in total. The molecule has 0 bridgehead atoms. The summed E-state index contributed by atoms with van der Waals surface area (Å²) in [5.74, 6) is -3.20. The van der Waals surface area contributed by atoms with Crippen LogP contribution < -0.4 is 5.11 Å². The van der Waals surface area contributed by atoms with E-state index in [2.05, 4.69) is 218 Å². The Morgan fingerprint density at radius 2 is 0.852 bits per heavy atom. The molecule has 0 amide bonds. The molecule has 4 rings (SSSR count). The quantitative estimate of drug-likeness (QED) is 0.173. The standard InChI is InChI=1S/C18H15S.C11H20O4.C10H14.2C5H12/c1-4-10-16(11-5-1)19(17-12-6-2-7-13-17)18-14-8-3-9-15-18;1-11(2,3)6-4-5-8(10(14)15)7-9(12)13;1-10(2,3)9-7-5-4-6-8-9;2*1-5(2,3)4/h1-15H;8H,4-7H2,1-3H3,(H,12,13)(H,14,15);4-8H,1-3H3;2*1-4H3/q+1;;;;/p-1. The van der Waals surface area contributed by atoms with E-state index >= 15 is 0 Å². The maximum Gasteiger partial charge on any atom is 0.304 e. The molecule has 0 aliphatic rings. The summed E-state index contributed by atoms with van der Waals surface area (Å²) in [7, 11) is -0.0146. The highest BCUT2D eigenvalue weighted by Crippen LogP contribution is 2.30. The maximum absolute atomic E-state index is 10.6. The highest BCUT2D eigenvalue weighted by atomic mass is 32.2. The van der Waals surface area contributed by atoms with Crippen LogP contribution in [0.5, 0.6) is 0 Å². The summed E-state index contributed by atoms with van der Waals surface area (Å²) in [5.41, 5.74) is 2.84. The number of hydrogen-bond acceptors (Lipinski definition) is 3. The molecular weight excluding hydrogens is 685 g/mol. The van der Waals surface area contributed by atoms with Crippen molar-refractivity contribution < 1.29 is 19.8 Å². The van der Waals surface area contributed by atoms with Crippen molar-refractivity contribution >= 4 is 22.8 Å². The van der Waals surface area contributed by atoms with Gasteiger partial charge in [-0.15, -0.1) is 0 Å². The molecule has 0 fully saturated rings. The predicted octanol–water partition coefficient (Wildman–Crippen LogP) is 12.9. The number of carboxylic acid groups (broad SMARTS) is 2. The highest BCUT2D eigenvalue weighted by Gasteiger charge is 2.27. The third kappa shape index (κ3) is 28.6. The first kappa shape index (κ1) is 50.2. The summed E-state index contributed by atoms with van der Waals surface area (Å²) in [6.45, 7) is 30.4. The second-order valence-electron chi connectivity index (χ2n) is 18.9. The van der Waals surface area contributed by atoms with E-state index in [0.717, 1.165) is 12.8 Å². The Bertz CT molecular complexity index is 1420. The molecule has 1 unspecified atom stereocenters. The Balaban J connectivity index is 0.000000715. The minimum Gasteiger partial charge on any atom is -0.550 e. The molecule has 4 aromatic carbocycles. The zero-order valence-corrected chi connectivity index (χ0v) is 36.8. The summed E-state index contributed by atoms with van der Waals surface area (Å²) in [6, 6.07) is 42.7. The summed E-state index contributed by atoms with van der Waals surface area (Å²) in [6.07, 6.45) is 1.64. The van der Waals surface area contributed by atoms with Crippen molar-refractivity contribution in [2.24, 2.45) is 22.2 Å². The summed E-state index contributed by atoms with van der Waals surface area (Å²) >= 11 is 0. The second kappa shape index (κ2) is 24.6. The van der Waals surface area contributed by atoms with Crippen LogP contribution in [0.25, 0.3) is 0 Å². The minimum absolute atomic E-state index is 0.0146. The summed E-state index contributed by atoms with van der Waals surface area (Å²) in [4.78, 5) is 25.1. The molecule has 0 saturated heterocycles. The van der Waals surface area contributed by atoms with E-state index in [4.69, 9.17) is 5.11 Å². The van der Waals surface area contributed by atoms with Gasteiger partial charge >= 0.3 is 5.97 Å². The molecule has 1 atom stereocenters. The molecule has 0 aliphatic carbocycles. The monoisotopic (exact) mass is 757 g/mol. The number of carbonyl (C=O) groups is 2.